The molecular weight excluding hydrogens is 216 g/mol. The van der Waals surface area contributed by atoms with Gasteiger partial charge in [0, 0.05) is 31.0 Å². The molecule has 1 rings (SSSR count). The molecule has 17 heavy (non-hydrogen) atoms. The fourth-order valence-corrected chi connectivity index (χ4v) is 1.67. The molecule has 0 saturated heterocycles. The maximum absolute atomic E-state index is 11.3. The van der Waals surface area contributed by atoms with Crippen LogP contribution in [0.15, 0.2) is 18.3 Å². The zero-order valence-electron chi connectivity index (χ0n) is 10.7. The zero-order chi connectivity index (χ0) is 12.8. The topological polar surface area (TPSA) is 53.4 Å². The molecule has 0 amide bonds. The molecule has 0 aromatic carbocycles. The van der Waals surface area contributed by atoms with Gasteiger partial charge in [0.15, 0.2) is 5.78 Å². The second-order valence-electron chi connectivity index (χ2n) is 4.32. The van der Waals surface area contributed by atoms with Crippen molar-refractivity contribution in [1.29, 1.82) is 0 Å². The molecule has 94 valence electrons. The van der Waals surface area contributed by atoms with Gasteiger partial charge in [-0.1, -0.05) is 0 Å². The molecule has 0 bridgehead atoms. The van der Waals surface area contributed by atoms with Crippen LogP contribution in [0.5, 0.6) is 0 Å². The standard InChI is InChI=1S/C13H20N2O2/c1-10(2)15(7-4-8-16)13-9-12(11(3)17)5-6-14-13/h5-6,9-10,16H,4,7-8H2,1-3H3. The molecule has 1 N–H and O–H groups in total. The minimum atomic E-state index is 0.0412. The molecule has 0 atom stereocenters. The fourth-order valence-electron chi connectivity index (χ4n) is 1.67. The Morgan fingerprint density at radius 3 is 2.76 bits per heavy atom. The van der Waals surface area contributed by atoms with Gasteiger partial charge in [-0.3, -0.25) is 4.79 Å². The van der Waals surface area contributed by atoms with Crippen LogP contribution < -0.4 is 4.90 Å². The number of Topliss-reactive ketones (excluding diaryl/α,β-unsaturated/α-hetero) is 1. The molecule has 0 spiro atoms. The number of carbonyl (C=O) groups excluding carboxylic acids is 1. The van der Waals surface area contributed by atoms with Gasteiger partial charge in [0.25, 0.3) is 0 Å². The Balaban J connectivity index is 2.93. The molecule has 0 fully saturated rings. The van der Waals surface area contributed by atoms with Gasteiger partial charge in [0.2, 0.25) is 0 Å². The second kappa shape index (κ2) is 6.35. The molecule has 1 heterocycles. The van der Waals surface area contributed by atoms with Crippen LogP contribution in [-0.4, -0.2) is 35.1 Å². The summed E-state index contributed by atoms with van der Waals surface area (Å²) in [5, 5.41) is 8.89. The Labute approximate surface area is 102 Å². The molecular formula is C13H20N2O2. The zero-order valence-corrected chi connectivity index (χ0v) is 10.7. The number of hydrogen-bond acceptors (Lipinski definition) is 4. The van der Waals surface area contributed by atoms with Crippen LogP contribution in [0.4, 0.5) is 5.82 Å². The van der Waals surface area contributed by atoms with Crippen molar-refractivity contribution in [3.05, 3.63) is 23.9 Å². The van der Waals surface area contributed by atoms with Crippen molar-refractivity contribution in [3.8, 4) is 0 Å². The normalized spacial score (nSPS) is 10.6. The van der Waals surface area contributed by atoms with Crippen molar-refractivity contribution in [2.45, 2.75) is 33.2 Å². The monoisotopic (exact) mass is 236 g/mol. The summed E-state index contributed by atoms with van der Waals surface area (Å²) in [6.07, 6.45) is 2.35. The smallest absolute Gasteiger partial charge is 0.159 e. The van der Waals surface area contributed by atoms with Crippen molar-refractivity contribution in [3.63, 3.8) is 0 Å². The molecule has 0 aliphatic carbocycles. The number of pyridine rings is 1. The van der Waals surface area contributed by atoms with E-state index in [0.717, 1.165) is 12.4 Å². The molecule has 4 heteroatoms. The van der Waals surface area contributed by atoms with E-state index in [2.05, 4.69) is 23.7 Å². The van der Waals surface area contributed by atoms with Gasteiger partial charge < -0.3 is 10.0 Å². The molecule has 4 nitrogen and oxygen atoms in total. The Hall–Kier alpha value is -1.42. The first-order valence-electron chi connectivity index (χ1n) is 5.90. The van der Waals surface area contributed by atoms with Crippen molar-refractivity contribution >= 4 is 11.6 Å². The Kier molecular flexibility index (Phi) is 5.10. The van der Waals surface area contributed by atoms with E-state index in [1.807, 2.05) is 0 Å². The first-order chi connectivity index (χ1) is 8.06. The number of ketones is 1. The van der Waals surface area contributed by atoms with E-state index in [-0.39, 0.29) is 18.4 Å². The highest BCUT2D eigenvalue weighted by Crippen LogP contribution is 2.16. The van der Waals surface area contributed by atoms with Gasteiger partial charge in [-0.05, 0) is 39.3 Å². The van der Waals surface area contributed by atoms with E-state index in [1.54, 1.807) is 25.3 Å². The molecule has 0 aliphatic rings. The lowest BCUT2D eigenvalue weighted by Crippen LogP contribution is -2.33. The predicted molar refractivity (Wildman–Crippen MR) is 68.4 cm³/mol. The van der Waals surface area contributed by atoms with E-state index < -0.39 is 0 Å². The summed E-state index contributed by atoms with van der Waals surface area (Å²) in [4.78, 5) is 17.7. The SMILES string of the molecule is CC(=O)c1ccnc(N(CCCO)C(C)C)c1. The number of aliphatic hydroxyl groups is 1. The van der Waals surface area contributed by atoms with Crippen LogP contribution in [0.2, 0.25) is 0 Å². The van der Waals surface area contributed by atoms with Crippen molar-refractivity contribution < 1.29 is 9.90 Å². The largest absolute Gasteiger partial charge is 0.396 e. The van der Waals surface area contributed by atoms with Crippen LogP contribution in [0.25, 0.3) is 0 Å². The highest BCUT2D eigenvalue weighted by Gasteiger charge is 2.12. The highest BCUT2D eigenvalue weighted by atomic mass is 16.3. The maximum Gasteiger partial charge on any atom is 0.159 e. The molecule has 0 saturated carbocycles. The summed E-state index contributed by atoms with van der Waals surface area (Å²) in [7, 11) is 0. The van der Waals surface area contributed by atoms with E-state index in [4.69, 9.17) is 5.11 Å². The van der Waals surface area contributed by atoms with Crippen molar-refractivity contribution in [2.24, 2.45) is 0 Å². The number of rotatable bonds is 6. The lowest BCUT2D eigenvalue weighted by atomic mass is 10.2. The van der Waals surface area contributed by atoms with Gasteiger partial charge >= 0.3 is 0 Å². The fraction of sp³-hybridized carbons (Fsp3) is 0.538. The summed E-state index contributed by atoms with van der Waals surface area (Å²) in [6.45, 7) is 6.59. The Morgan fingerprint density at radius 1 is 1.53 bits per heavy atom. The summed E-state index contributed by atoms with van der Waals surface area (Å²) in [5.41, 5.74) is 0.671. The van der Waals surface area contributed by atoms with Crippen LogP contribution in [0.1, 0.15) is 37.6 Å². The number of aromatic nitrogens is 1. The molecule has 0 aliphatic heterocycles. The maximum atomic E-state index is 11.3. The number of aliphatic hydroxyl groups excluding tert-OH is 1. The third kappa shape index (κ3) is 3.82. The lowest BCUT2D eigenvalue weighted by molar-refractivity contribution is 0.101. The predicted octanol–water partition coefficient (Wildman–Crippen LogP) is 1.88. The van der Waals surface area contributed by atoms with E-state index in [0.29, 0.717) is 12.0 Å². The van der Waals surface area contributed by atoms with Crippen molar-refractivity contribution in [1.82, 2.24) is 4.98 Å². The van der Waals surface area contributed by atoms with Gasteiger partial charge in [0.1, 0.15) is 5.82 Å². The third-order valence-electron chi connectivity index (χ3n) is 2.63. The van der Waals surface area contributed by atoms with E-state index in [9.17, 15) is 4.79 Å². The van der Waals surface area contributed by atoms with Crippen LogP contribution >= 0.6 is 0 Å². The highest BCUT2D eigenvalue weighted by molar-refractivity contribution is 5.94. The Bertz CT molecular complexity index is 377. The van der Waals surface area contributed by atoms with E-state index in [1.165, 1.54) is 0 Å². The summed E-state index contributed by atoms with van der Waals surface area (Å²) >= 11 is 0. The lowest BCUT2D eigenvalue weighted by Gasteiger charge is -2.27. The number of carbonyl (C=O) groups is 1. The summed E-state index contributed by atoms with van der Waals surface area (Å²) < 4.78 is 0. The average molecular weight is 236 g/mol. The van der Waals surface area contributed by atoms with Crippen LogP contribution in [0, 0.1) is 0 Å². The first kappa shape index (κ1) is 13.6. The van der Waals surface area contributed by atoms with Crippen molar-refractivity contribution in [2.75, 3.05) is 18.1 Å². The number of anilines is 1. The van der Waals surface area contributed by atoms with Gasteiger partial charge in [-0.15, -0.1) is 0 Å². The van der Waals surface area contributed by atoms with Crippen LogP contribution in [0.3, 0.4) is 0 Å². The molecule has 0 radical (unpaired) electrons. The number of nitrogens with zero attached hydrogens (tertiary/aromatic N) is 2. The third-order valence-corrected chi connectivity index (χ3v) is 2.63. The second-order valence-corrected chi connectivity index (χ2v) is 4.32. The number of hydrogen-bond donors (Lipinski definition) is 1. The first-order valence-corrected chi connectivity index (χ1v) is 5.90. The minimum Gasteiger partial charge on any atom is -0.396 e. The molecule has 1 aromatic heterocycles. The quantitative estimate of drug-likeness (QED) is 0.766. The Morgan fingerprint density at radius 2 is 2.24 bits per heavy atom. The van der Waals surface area contributed by atoms with Gasteiger partial charge in [-0.25, -0.2) is 4.98 Å². The molecule has 0 unspecified atom stereocenters. The molecule has 1 aromatic rings. The van der Waals surface area contributed by atoms with Crippen LogP contribution in [-0.2, 0) is 0 Å². The van der Waals surface area contributed by atoms with Gasteiger partial charge in [-0.2, -0.15) is 0 Å². The van der Waals surface area contributed by atoms with Gasteiger partial charge in [0.05, 0.1) is 0 Å². The van der Waals surface area contributed by atoms with E-state index >= 15 is 0 Å². The summed E-state index contributed by atoms with van der Waals surface area (Å²) in [6, 6.07) is 3.81. The summed E-state index contributed by atoms with van der Waals surface area (Å²) in [5.74, 6) is 0.834. The average Bonchev–Trinajstić information content (AvgIpc) is 2.29. The minimum absolute atomic E-state index is 0.0412.